The van der Waals surface area contributed by atoms with Gasteiger partial charge in [-0.2, -0.15) is 0 Å². The van der Waals surface area contributed by atoms with Crippen molar-refractivity contribution in [2.45, 2.75) is 31.8 Å². The lowest BCUT2D eigenvalue weighted by atomic mass is 10.2. The minimum Gasteiger partial charge on any atom is -0.453 e. The first-order chi connectivity index (χ1) is 9.13. The first kappa shape index (κ1) is 13.4. The lowest BCUT2D eigenvalue weighted by Gasteiger charge is -2.26. The molecular formula is C12H18N4O3. The largest absolute Gasteiger partial charge is 0.453 e. The zero-order valence-corrected chi connectivity index (χ0v) is 11.0. The Kier molecular flexibility index (Phi) is 4.03. The molecule has 2 rings (SSSR count). The predicted molar refractivity (Wildman–Crippen MR) is 67.3 cm³/mol. The quantitative estimate of drug-likeness (QED) is 0.847. The average Bonchev–Trinajstić information content (AvgIpc) is 3.07. The number of nitrogens with zero attached hydrogens (tertiary/aromatic N) is 2. The van der Waals surface area contributed by atoms with E-state index in [1.54, 1.807) is 24.2 Å². The number of ether oxygens (including phenoxy) is 1. The number of H-pyrrole nitrogens is 1. The Bertz CT molecular complexity index is 446. The number of rotatable bonds is 3. The van der Waals surface area contributed by atoms with Crippen molar-refractivity contribution in [2.24, 2.45) is 0 Å². The number of imidazole rings is 1. The summed E-state index contributed by atoms with van der Waals surface area (Å²) in [6.45, 7) is 2.33. The van der Waals surface area contributed by atoms with Crippen LogP contribution in [0.15, 0.2) is 12.4 Å². The van der Waals surface area contributed by atoms with Gasteiger partial charge in [0, 0.05) is 18.9 Å². The van der Waals surface area contributed by atoms with E-state index in [-0.39, 0.29) is 11.9 Å². The van der Waals surface area contributed by atoms with Crippen molar-refractivity contribution in [3.63, 3.8) is 0 Å². The molecule has 104 valence electrons. The number of hydrogen-bond donors (Lipinski definition) is 2. The minimum absolute atomic E-state index is 0.0376. The molecule has 2 atom stereocenters. The lowest BCUT2D eigenvalue weighted by Crippen LogP contribution is -2.46. The van der Waals surface area contributed by atoms with Gasteiger partial charge in [-0.25, -0.2) is 9.78 Å². The Morgan fingerprint density at radius 1 is 1.63 bits per heavy atom. The Labute approximate surface area is 111 Å². The van der Waals surface area contributed by atoms with Gasteiger partial charge >= 0.3 is 6.09 Å². The van der Waals surface area contributed by atoms with E-state index in [9.17, 15) is 9.59 Å². The Balaban J connectivity index is 2.03. The second-order valence-electron chi connectivity index (χ2n) is 4.52. The Morgan fingerprint density at radius 2 is 2.42 bits per heavy atom. The van der Waals surface area contributed by atoms with Crippen LogP contribution in [0.1, 0.15) is 31.6 Å². The maximum Gasteiger partial charge on any atom is 0.407 e. The lowest BCUT2D eigenvalue weighted by molar-refractivity contribution is -0.134. The highest BCUT2D eigenvalue weighted by Crippen LogP contribution is 2.30. The van der Waals surface area contributed by atoms with Crippen LogP contribution in [-0.2, 0) is 9.53 Å². The topological polar surface area (TPSA) is 87.3 Å². The van der Waals surface area contributed by atoms with Crippen molar-refractivity contribution in [3.05, 3.63) is 18.2 Å². The fourth-order valence-electron chi connectivity index (χ4n) is 2.32. The monoisotopic (exact) mass is 266 g/mol. The van der Waals surface area contributed by atoms with Crippen LogP contribution in [0.3, 0.4) is 0 Å². The molecule has 2 amide bonds. The SMILES string of the molecule is COC(=O)N[C@@H](C)C(=O)N1CCC[C@H]1c1ncc[nH]1. The van der Waals surface area contributed by atoms with E-state index in [0.717, 1.165) is 18.7 Å². The van der Waals surface area contributed by atoms with E-state index in [1.165, 1.54) is 7.11 Å². The molecule has 0 bridgehead atoms. The molecule has 0 saturated carbocycles. The second kappa shape index (κ2) is 5.73. The van der Waals surface area contributed by atoms with Crippen molar-refractivity contribution in [3.8, 4) is 0 Å². The van der Waals surface area contributed by atoms with Crippen LogP contribution in [0, 0.1) is 0 Å². The number of likely N-dealkylation sites (tertiary alicyclic amines) is 1. The van der Waals surface area contributed by atoms with E-state index in [2.05, 4.69) is 20.0 Å². The normalized spacial score (nSPS) is 20.1. The standard InChI is InChI=1S/C12H18N4O3/c1-8(15-12(18)19-2)11(17)16-7-3-4-9(16)10-13-5-6-14-10/h5-6,8-9H,3-4,7H2,1-2H3,(H,13,14)(H,15,18)/t8-,9-/m0/s1. The summed E-state index contributed by atoms with van der Waals surface area (Å²) in [7, 11) is 1.27. The highest BCUT2D eigenvalue weighted by atomic mass is 16.5. The molecule has 1 aliphatic heterocycles. The minimum atomic E-state index is -0.608. The molecule has 1 fully saturated rings. The zero-order chi connectivity index (χ0) is 13.8. The number of carbonyl (C=O) groups excluding carboxylic acids is 2. The zero-order valence-electron chi connectivity index (χ0n) is 11.0. The molecular weight excluding hydrogens is 248 g/mol. The smallest absolute Gasteiger partial charge is 0.407 e. The van der Waals surface area contributed by atoms with Crippen LogP contribution in [0.5, 0.6) is 0 Å². The van der Waals surface area contributed by atoms with Gasteiger partial charge in [0.15, 0.2) is 0 Å². The Hall–Kier alpha value is -2.05. The maximum atomic E-state index is 12.3. The van der Waals surface area contributed by atoms with Crippen LogP contribution in [0.25, 0.3) is 0 Å². The van der Waals surface area contributed by atoms with Gasteiger partial charge in [0.1, 0.15) is 11.9 Å². The number of methoxy groups -OCH3 is 1. The molecule has 0 spiro atoms. The third-order valence-corrected chi connectivity index (χ3v) is 3.26. The summed E-state index contributed by atoms with van der Waals surface area (Å²) in [5, 5.41) is 2.49. The molecule has 7 heteroatoms. The number of amides is 2. The number of aromatic nitrogens is 2. The third kappa shape index (κ3) is 2.86. The molecule has 1 saturated heterocycles. The summed E-state index contributed by atoms with van der Waals surface area (Å²) in [6, 6.07) is -0.646. The molecule has 1 aromatic heterocycles. The van der Waals surface area contributed by atoms with Crippen molar-refractivity contribution >= 4 is 12.0 Å². The van der Waals surface area contributed by atoms with Gasteiger partial charge in [-0.1, -0.05) is 0 Å². The van der Waals surface area contributed by atoms with Gasteiger partial charge in [-0.05, 0) is 19.8 Å². The summed E-state index contributed by atoms with van der Waals surface area (Å²) < 4.78 is 4.49. The summed E-state index contributed by atoms with van der Waals surface area (Å²) in [5.41, 5.74) is 0. The summed E-state index contributed by atoms with van der Waals surface area (Å²) in [6.07, 6.45) is 4.63. The second-order valence-corrected chi connectivity index (χ2v) is 4.52. The van der Waals surface area contributed by atoms with Crippen molar-refractivity contribution in [1.29, 1.82) is 0 Å². The molecule has 0 aromatic carbocycles. The maximum absolute atomic E-state index is 12.3. The van der Waals surface area contributed by atoms with Gasteiger partial charge in [-0.15, -0.1) is 0 Å². The molecule has 7 nitrogen and oxygen atoms in total. The number of hydrogen-bond acceptors (Lipinski definition) is 4. The first-order valence-corrected chi connectivity index (χ1v) is 6.27. The van der Waals surface area contributed by atoms with E-state index in [0.29, 0.717) is 6.54 Å². The number of aromatic amines is 1. The number of carbonyl (C=O) groups is 2. The fourth-order valence-corrected chi connectivity index (χ4v) is 2.32. The van der Waals surface area contributed by atoms with E-state index >= 15 is 0 Å². The summed E-state index contributed by atoms with van der Waals surface area (Å²) >= 11 is 0. The molecule has 0 unspecified atom stereocenters. The predicted octanol–water partition coefficient (Wildman–Crippen LogP) is 0.818. The molecule has 1 aliphatic rings. The van der Waals surface area contributed by atoms with Gasteiger partial charge in [0.25, 0.3) is 0 Å². The van der Waals surface area contributed by atoms with Gasteiger partial charge < -0.3 is 19.9 Å². The molecule has 19 heavy (non-hydrogen) atoms. The average molecular weight is 266 g/mol. The van der Waals surface area contributed by atoms with Gasteiger partial charge in [0.05, 0.1) is 13.2 Å². The van der Waals surface area contributed by atoms with Gasteiger partial charge in [-0.3, -0.25) is 4.79 Å². The highest BCUT2D eigenvalue weighted by Gasteiger charge is 2.34. The van der Waals surface area contributed by atoms with E-state index in [4.69, 9.17) is 0 Å². The molecule has 2 N–H and O–H groups in total. The van der Waals surface area contributed by atoms with E-state index in [1.807, 2.05) is 0 Å². The molecule has 0 aliphatic carbocycles. The molecule has 0 radical (unpaired) electrons. The highest BCUT2D eigenvalue weighted by molar-refractivity contribution is 5.85. The van der Waals surface area contributed by atoms with Crippen LogP contribution < -0.4 is 5.32 Å². The number of nitrogens with one attached hydrogen (secondary N) is 2. The van der Waals surface area contributed by atoms with Crippen LogP contribution in [0.2, 0.25) is 0 Å². The van der Waals surface area contributed by atoms with Gasteiger partial charge in [0.2, 0.25) is 5.91 Å². The molecule has 2 heterocycles. The van der Waals surface area contributed by atoms with Crippen LogP contribution >= 0.6 is 0 Å². The van der Waals surface area contributed by atoms with Crippen LogP contribution in [-0.4, -0.2) is 46.6 Å². The van der Waals surface area contributed by atoms with E-state index < -0.39 is 12.1 Å². The number of alkyl carbamates (subject to hydrolysis) is 1. The van der Waals surface area contributed by atoms with Crippen molar-refractivity contribution < 1.29 is 14.3 Å². The van der Waals surface area contributed by atoms with Crippen molar-refractivity contribution in [1.82, 2.24) is 20.2 Å². The first-order valence-electron chi connectivity index (χ1n) is 6.27. The fraction of sp³-hybridized carbons (Fsp3) is 0.583. The molecule has 1 aromatic rings. The van der Waals surface area contributed by atoms with Crippen LogP contribution in [0.4, 0.5) is 4.79 Å². The summed E-state index contributed by atoms with van der Waals surface area (Å²) in [4.78, 5) is 32.4. The summed E-state index contributed by atoms with van der Waals surface area (Å²) in [5.74, 6) is 0.667. The van der Waals surface area contributed by atoms with Crippen molar-refractivity contribution in [2.75, 3.05) is 13.7 Å². The Morgan fingerprint density at radius 3 is 3.05 bits per heavy atom. The third-order valence-electron chi connectivity index (χ3n) is 3.26.